The number of unbranched alkanes of at least 4 members (excludes halogenated alkanes) is 1. The van der Waals surface area contributed by atoms with Gasteiger partial charge in [0.15, 0.2) is 0 Å². The molecule has 0 spiro atoms. The third kappa shape index (κ3) is 10.2. The Morgan fingerprint density at radius 1 is 1.21 bits per heavy atom. The van der Waals surface area contributed by atoms with E-state index in [2.05, 4.69) is 0 Å². The summed E-state index contributed by atoms with van der Waals surface area (Å²) in [5.74, 6) is 1.00. The molecule has 0 heterocycles. The molecule has 2 nitrogen and oxygen atoms in total. The molecular weight excluding hydrogens is 263 g/mol. The molecule has 114 valence electrons. The topological polar surface area (TPSA) is 26.3 Å². The molecule has 19 heavy (non-hydrogen) atoms. The molecule has 0 bridgehead atoms. The summed E-state index contributed by atoms with van der Waals surface area (Å²) < 4.78 is 18.1. The molecule has 0 rings (SSSR count). The van der Waals surface area contributed by atoms with Crippen molar-refractivity contribution in [2.24, 2.45) is 5.92 Å². The van der Waals surface area contributed by atoms with Crippen molar-refractivity contribution in [3.8, 4) is 0 Å². The van der Waals surface area contributed by atoms with Crippen LogP contribution in [0.1, 0.15) is 60.8 Å². The van der Waals surface area contributed by atoms with E-state index in [1.165, 1.54) is 0 Å². The number of ether oxygens (including phenoxy) is 1. The van der Waals surface area contributed by atoms with Gasteiger partial charge in [0.1, 0.15) is 10.9 Å². The number of esters is 1. The zero-order chi connectivity index (χ0) is 15.1. The zero-order valence-electron chi connectivity index (χ0n) is 13.2. The lowest BCUT2D eigenvalue weighted by Gasteiger charge is -2.25. The first-order valence-electron chi connectivity index (χ1n) is 7.12. The number of carbonyl (C=O) groups is 1. The van der Waals surface area contributed by atoms with Gasteiger partial charge in [0.05, 0.1) is 6.17 Å². The lowest BCUT2D eigenvalue weighted by molar-refractivity contribution is -0.154. The van der Waals surface area contributed by atoms with Gasteiger partial charge in [0, 0.05) is 0 Å². The van der Waals surface area contributed by atoms with Crippen LogP contribution in [0.5, 0.6) is 0 Å². The summed E-state index contributed by atoms with van der Waals surface area (Å²) in [6, 6.07) is 0. The predicted molar refractivity (Wildman–Crippen MR) is 81.4 cm³/mol. The number of alkyl halides is 1. The van der Waals surface area contributed by atoms with Gasteiger partial charge in [-0.05, 0) is 58.6 Å². The van der Waals surface area contributed by atoms with Crippen molar-refractivity contribution in [3.05, 3.63) is 0 Å². The zero-order valence-corrected chi connectivity index (χ0v) is 14.0. The third-order valence-electron chi connectivity index (χ3n) is 2.54. The Kier molecular flexibility index (Phi) is 8.71. The van der Waals surface area contributed by atoms with Crippen LogP contribution in [0.25, 0.3) is 0 Å². The van der Waals surface area contributed by atoms with E-state index in [0.29, 0.717) is 6.42 Å². The van der Waals surface area contributed by atoms with Gasteiger partial charge in [-0.25, -0.2) is 4.39 Å². The van der Waals surface area contributed by atoms with E-state index in [0.717, 1.165) is 18.6 Å². The second-order valence-corrected chi connectivity index (χ2v) is 7.59. The SMILES string of the molecule is CC(F)CCCCSC(C(=O)OC(C)(C)C)C(C)C. The maximum absolute atomic E-state index is 12.6. The van der Waals surface area contributed by atoms with Crippen LogP contribution in [-0.2, 0) is 9.53 Å². The number of hydrogen-bond donors (Lipinski definition) is 0. The van der Waals surface area contributed by atoms with E-state index < -0.39 is 11.8 Å². The van der Waals surface area contributed by atoms with Gasteiger partial charge in [-0.1, -0.05) is 13.8 Å². The minimum absolute atomic E-state index is 0.123. The summed E-state index contributed by atoms with van der Waals surface area (Å²) >= 11 is 1.63. The average molecular weight is 292 g/mol. The van der Waals surface area contributed by atoms with Crippen molar-refractivity contribution >= 4 is 17.7 Å². The summed E-state index contributed by atoms with van der Waals surface area (Å²) in [5.41, 5.74) is -0.436. The van der Waals surface area contributed by atoms with Gasteiger partial charge >= 0.3 is 5.97 Å². The highest BCUT2D eigenvalue weighted by Crippen LogP contribution is 2.24. The second kappa shape index (κ2) is 8.83. The standard InChI is InChI=1S/C15H29FO2S/c1-11(2)13(14(17)18-15(4,5)6)19-10-8-7-9-12(3)16/h11-13H,7-10H2,1-6H3. The molecule has 0 aromatic carbocycles. The molecule has 0 fully saturated rings. The maximum atomic E-state index is 12.6. The monoisotopic (exact) mass is 292 g/mol. The van der Waals surface area contributed by atoms with Crippen molar-refractivity contribution in [1.29, 1.82) is 0 Å². The van der Waals surface area contributed by atoms with Crippen molar-refractivity contribution in [3.63, 3.8) is 0 Å². The Labute approximate surface area is 121 Å². The number of thioether (sulfide) groups is 1. The van der Waals surface area contributed by atoms with Crippen LogP contribution in [0.3, 0.4) is 0 Å². The minimum atomic E-state index is -0.725. The molecule has 2 unspecified atom stereocenters. The van der Waals surface area contributed by atoms with Crippen molar-refractivity contribution < 1.29 is 13.9 Å². The van der Waals surface area contributed by atoms with E-state index in [1.54, 1.807) is 18.7 Å². The first kappa shape index (κ1) is 18.8. The van der Waals surface area contributed by atoms with Gasteiger partial charge in [0.2, 0.25) is 0 Å². The molecule has 0 aliphatic rings. The fourth-order valence-electron chi connectivity index (χ4n) is 1.63. The van der Waals surface area contributed by atoms with Crippen LogP contribution in [0.2, 0.25) is 0 Å². The summed E-state index contributed by atoms with van der Waals surface area (Å²) in [7, 11) is 0. The normalized spacial score (nSPS) is 15.4. The first-order valence-corrected chi connectivity index (χ1v) is 8.17. The van der Waals surface area contributed by atoms with E-state index in [9.17, 15) is 9.18 Å². The highest BCUT2D eigenvalue weighted by atomic mass is 32.2. The Balaban J connectivity index is 4.09. The summed E-state index contributed by atoms with van der Waals surface area (Å²) in [6.07, 6.45) is 1.71. The van der Waals surface area contributed by atoms with Crippen LogP contribution >= 0.6 is 11.8 Å². The summed E-state index contributed by atoms with van der Waals surface area (Å²) in [6.45, 7) is 11.3. The van der Waals surface area contributed by atoms with Crippen LogP contribution in [0.15, 0.2) is 0 Å². The molecule has 2 atom stereocenters. The van der Waals surface area contributed by atoms with E-state index >= 15 is 0 Å². The largest absolute Gasteiger partial charge is 0.459 e. The van der Waals surface area contributed by atoms with Crippen LogP contribution in [0.4, 0.5) is 4.39 Å². The van der Waals surface area contributed by atoms with Gasteiger partial charge in [0.25, 0.3) is 0 Å². The Bertz CT molecular complexity index is 259. The molecule has 0 N–H and O–H groups in total. The summed E-state index contributed by atoms with van der Waals surface area (Å²) in [4.78, 5) is 12.1. The number of hydrogen-bond acceptors (Lipinski definition) is 3. The Hall–Kier alpha value is -0.250. The van der Waals surface area contributed by atoms with E-state index in [1.807, 2.05) is 34.6 Å². The Morgan fingerprint density at radius 2 is 1.79 bits per heavy atom. The highest BCUT2D eigenvalue weighted by molar-refractivity contribution is 8.00. The van der Waals surface area contributed by atoms with Crippen LogP contribution in [-0.4, -0.2) is 28.7 Å². The van der Waals surface area contributed by atoms with Gasteiger partial charge in [-0.15, -0.1) is 11.8 Å². The number of rotatable bonds is 8. The molecule has 0 aliphatic heterocycles. The molecule has 0 aromatic heterocycles. The fourth-order valence-corrected chi connectivity index (χ4v) is 2.82. The third-order valence-corrected chi connectivity index (χ3v) is 4.16. The lowest BCUT2D eigenvalue weighted by Crippen LogP contribution is -2.33. The smallest absolute Gasteiger partial charge is 0.319 e. The van der Waals surface area contributed by atoms with E-state index in [-0.39, 0.29) is 17.1 Å². The molecule has 0 aromatic rings. The van der Waals surface area contributed by atoms with Gasteiger partial charge in [-0.3, -0.25) is 4.79 Å². The minimum Gasteiger partial charge on any atom is -0.459 e. The van der Waals surface area contributed by atoms with E-state index in [4.69, 9.17) is 4.74 Å². The average Bonchev–Trinajstić information content (AvgIpc) is 2.19. The molecule has 0 saturated heterocycles. The van der Waals surface area contributed by atoms with Crippen molar-refractivity contribution in [2.75, 3.05) is 5.75 Å². The highest BCUT2D eigenvalue weighted by Gasteiger charge is 2.27. The summed E-state index contributed by atoms with van der Waals surface area (Å²) in [5, 5.41) is -0.123. The molecular formula is C15H29FO2S. The number of halogens is 1. The second-order valence-electron chi connectivity index (χ2n) is 6.35. The number of carbonyl (C=O) groups excluding carboxylic acids is 1. The Morgan fingerprint density at radius 3 is 2.21 bits per heavy atom. The van der Waals surface area contributed by atoms with Crippen LogP contribution < -0.4 is 0 Å². The van der Waals surface area contributed by atoms with Gasteiger partial charge in [-0.2, -0.15) is 0 Å². The first-order chi connectivity index (χ1) is 8.63. The molecule has 0 radical (unpaired) electrons. The quantitative estimate of drug-likeness (QED) is 0.482. The maximum Gasteiger partial charge on any atom is 0.319 e. The fraction of sp³-hybridized carbons (Fsp3) is 0.933. The lowest BCUT2D eigenvalue weighted by atomic mass is 10.1. The molecule has 4 heteroatoms. The van der Waals surface area contributed by atoms with Crippen LogP contribution in [0, 0.1) is 5.92 Å². The van der Waals surface area contributed by atoms with Crippen molar-refractivity contribution in [2.45, 2.75) is 77.8 Å². The van der Waals surface area contributed by atoms with Crippen molar-refractivity contribution in [1.82, 2.24) is 0 Å². The van der Waals surface area contributed by atoms with Gasteiger partial charge < -0.3 is 4.74 Å². The molecule has 0 saturated carbocycles. The predicted octanol–water partition coefficient (Wildman–Crippen LogP) is 4.61. The molecule has 0 aliphatic carbocycles. The molecule has 0 amide bonds.